The van der Waals surface area contributed by atoms with Gasteiger partial charge in [-0.3, -0.25) is 0 Å². The summed E-state index contributed by atoms with van der Waals surface area (Å²) in [6.07, 6.45) is 5.47. The molecule has 2 nitrogen and oxygen atoms in total. The van der Waals surface area contributed by atoms with Crippen molar-refractivity contribution in [3.8, 4) is 0 Å². The molecule has 0 aliphatic heterocycles. The number of nitrogens with one attached hydrogen (secondary N) is 1. The van der Waals surface area contributed by atoms with Crippen molar-refractivity contribution in [2.75, 3.05) is 11.9 Å². The first-order valence-corrected chi connectivity index (χ1v) is 7.35. The normalized spacial score (nSPS) is 16.2. The smallest absolute Gasteiger partial charge is 0.168 e. The van der Waals surface area contributed by atoms with Crippen molar-refractivity contribution in [3.05, 3.63) is 17.7 Å². The Balaban J connectivity index is 2.12. The molecule has 1 fully saturated rings. The lowest BCUT2D eigenvalue weighted by Crippen LogP contribution is -2.07. The Kier molecular flexibility index (Phi) is 4.80. The summed E-state index contributed by atoms with van der Waals surface area (Å²) in [6.45, 7) is 2.63. The zero-order valence-corrected chi connectivity index (χ0v) is 11.3. The SMILES string of the molecule is CCCNc1nc(SC2CCCC2)c(F)cc1F. The Bertz CT molecular complexity index is 406. The molecule has 0 atom stereocenters. The average Bonchev–Trinajstić information content (AvgIpc) is 2.84. The van der Waals surface area contributed by atoms with Gasteiger partial charge in [-0.2, -0.15) is 0 Å². The van der Waals surface area contributed by atoms with Gasteiger partial charge in [-0.25, -0.2) is 13.8 Å². The fourth-order valence-corrected chi connectivity index (χ4v) is 3.26. The second-order valence-corrected chi connectivity index (χ2v) is 5.85. The first-order chi connectivity index (χ1) is 8.70. The summed E-state index contributed by atoms with van der Waals surface area (Å²) in [5.41, 5.74) is 0. The molecule has 5 heteroatoms. The quantitative estimate of drug-likeness (QED) is 0.869. The van der Waals surface area contributed by atoms with Crippen LogP contribution in [0.3, 0.4) is 0 Å². The Morgan fingerprint density at radius 2 is 2.06 bits per heavy atom. The van der Waals surface area contributed by atoms with E-state index in [9.17, 15) is 8.78 Å². The van der Waals surface area contributed by atoms with Crippen LogP contribution in [-0.4, -0.2) is 16.8 Å². The van der Waals surface area contributed by atoms with Gasteiger partial charge in [0.15, 0.2) is 17.5 Å². The zero-order chi connectivity index (χ0) is 13.0. The van der Waals surface area contributed by atoms with Crippen molar-refractivity contribution >= 4 is 17.6 Å². The summed E-state index contributed by atoms with van der Waals surface area (Å²) in [7, 11) is 0. The topological polar surface area (TPSA) is 24.9 Å². The van der Waals surface area contributed by atoms with E-state index in [1.54, 1.807) is 0 Å². The van der Waals surface area contributed by atoms with Crippen LogP contribution < -0.4 is 5.32 Å². The molecule has 1 aromatic rings. The number of nitrogens with zero attached hydrogens (tertiary/aromatic N) is 1. The fraction of sp³-hybridized carbons (Fsp3) is 0.615. The van der Waals surface area contributed by atoms with Crippen LogP contribution in [0.4, 0.5) is 14.6 Å². The van der Waals surface area contributed by atoms with Gasteiger partial charge in [0.05, 0.1) is 0 Å². The van der Waals surface area contributed by atoms with E-state index in [4.69, 9.17) is 0 Å². The van der Waals surface area contributed by atoms with Gasteiger partial charge in [-0.1, -0.05) is 31.5 Å². The summed E-state index contributed by atoms with van der Waals surface area (Å²) in [4.78, 5) is 4.07. The van der Waals surface area contributed by atoms with Crippen LogP contribution in [0.5, 0.6) is 0 Å². The van der Waals surface area contributed by atoms with Gasteiger partial charge in [0.2, 0.25) is 0 Å². The summed E-state index contributed by atoms with van der Waals surface area (Å²) >= 11 is 1.44. The van der Waals surface area contributed by atoms with Gasteiger partial charge in [0.25, 0.3) is 0 Å². The number of aromatic nitrogens is 1. The monoisotopic (exact) mass is 272 g/mol. The molecule has 0 saturated heterocycles. The van der Waals surface area contributed by atoms with E-state index < -0.39 is 11.6 Å². The highest BCUT2D eigenvalue weighted by molar-refractivity contribution is 7.99. The molecule has 0 radical (unpaired) electrons. The van der Waals surface area contributed by atoms with Crippen LogP contribution in [0.15, 0.2) is 11.1 Å². The highest BCUT2D eigenvalue weighted by atomic mass is 32.2. The van der Waals surface area contributed by atoms with Crippen LogP contribution in [0.2, 0.25) is 0 Å². The number of pyridine rings is 1. The van der Waals surface area contributed by atoms with E-state index in [0.29, 0.717) is 16.8 Å². The molecule has 1 saturated carbocycles. The zero-order valence-electron chi connectivity index (χ0n) is 10.5. The van der Waals surface area contributed by atoms with Crippen molar-refractivity contribution in [1.29, 1.82) is 0 Å². The lowest BCUT2D eigenvalue weighted by molar-refractivity contribution is 0.550. The highest BCUT2D eigenvalue weighted by Crippen LogP contribution is 2.35. The largest absolute Gasteiger partial charge is 0.368 e. The van der Waals surface area contributed by atoms with Crippen LogP contribution in [0.1, 0.15) is 39.0 Å². The molecule has 1 aromatic heterocycles. The van der Waals surface area contributed by atoms with Gasteiger partial charge in [0, 0.05) is 17.9 Å². The minimum atomic E-state index is -0.614. The van der Waals surface area contributed by atoms with Gasteiger partial charge >= 0.3 is 0 Å². The minimum absolute atomic E-state index is 0.166. The van der Waals surface area contributed by atoms with Gasteiger partial charge in [0.1, 0.15) is 5.03 Å². The van der Waals surface area contributed by atoms with Crippen LogP contribution in [-0.2, 0) is 0 Å². The van der Waals surface area contributed by atoms with Gasteiger partial charge < -0.3 is 5.32 Å². The summed E-state index contributed by atoms with van der Waals surface area (Å²) in [5, 5.41) is 3.64. The molecule has 18 heavy (non-hydrogen) atoms. The van der Waals surface area contributed by atoms with Gasteiger partial charge in [-0.15, -0.1) is 0 Å². The summed E-state index contributed by atoms with van der Waals surface area (Å²) < 4.78 is 27.1. The molecule has 0 spiro atoms. The maximum atomic E-state index is 13.7. The second kappa shape index (κ2) is 6.36. The van der Waals surface area contributed by atoms with E-state index in [1.807, 2.05) is 6.92 Å². The molecular weight excluding hydrogens is 254 g/mol. The first kappa shape index (κ1) is 13.6. The van der Waals surface area contributed by atoms with Crippen LogP contribution in [0, 0.1) is 11.6 Å². The Hall–Kier alpha value is -0.840. The maximum Gasteiger partial charge on any atom is 0.168 e. The number of hydrogen-bond donors (Lipinski definition) is 1. The fourth-order valence-electron chi connectivity index (χ4n) is 2.06. The summed E-state index contributed by atoms with van der Waals surface area (Å²) in [6, 6.07) is 0.933. The number of thioether (sulfide) groups is 1. The van der Waals surface area contributed by atoms with Crippen molar-refractivity contribution in [2.24, 2.45) is 0 Å². The van der Waals surface area contributed by atoms with E-state index in [0.717, 1.165) is 25.3 Å². The van der Waals surface area contributed by atoms with E-state index in [-0.39, 0.29) is 5.82 Å². The van der Waals surface area contributed by atoms with Gasteiger partial charge in [-0.05, 0) is 19.3 Å². The van der Waals surface area contributed by atoms with Crippen molar-refractivity contribution < 1.29 is 8.78 Å². The molecule has 0 unspecified atom stereocenters. The molecule has 0 bridgehead atoms. The molecule has 0 amide bonds. The number of anilines is 1. The third kappa shape index (κ3) is 3.34. The van der Waals surface area contributed by atoms with E-state index in [1.165, 1.54) is 24.6 Å². The Morgan fingerprint density at radius 3 is 2.72 bits per heavy atom. The Labute approximate surface area is 111 Å². The maximum absolute atomic E-state index is 13.7. The molecule has 1 N–H and O–H groups in total. The molecule has 1 aliphatic rings. The minimum Gasteiger partial charge on any atom is -0.368 e. The summed E-state index contributed by atoms with van der Waals surface area (Å²) in [5.74, 6) is -0.998. The third-order valence-corrected chi connectivity index (χ3v) is 4.33. The molecule has 0 aromatic carbocycles. The van der Waals surface area contributed by atoms with Crippen molar-refractivity contribution in [2.45, 2.75) is 49.3 Å². The Morgan fingerprint density at radius 1 is 1.33 bits per heavy atom. The third-order valence-electron chi connectivity index (χ3n) is 3.02. The van der Waals surface area contributed by atoms with E-state index >= 15 is 0 Å². The number of rotatable bonds is 5. The first-order valence-electron chi connectivity index (χ1n) is 6.47. The van der Waals surface area contributed by atoms with E-state index in [2.05, 4.69) is 10.3 Å². The van der Waals surface area contributed by atoms with Crippen molar-refractivity contribution in [1.82, 2.24) is 4.98 Å². The average molecular weight is 272 g/mol. The molecular formula is C13H18F2N2S. The van der Waals surface area contributed by atoms with Crippen LogP contribution >= 0.6 is 11.8 Å². The number of halogens is 2. The second-order valence-electron chi connectivity index (χ2n) is 4.56. The molecule has 100 valence electrons. The lowest BCUT2D eigenvalue weighted by Gasteiger charge is -2.11. The molecule has 2 rings (SSSR count). The van der Waals surface area contributed by atoms with Crippen LogP contribution in [0.25, 0.3) is 0 Å². The predicted molar refractivity (Wildman–Crippen MR) is 71.0 cm³/mol. The standard InChI is InChI=1S/C13H18F2N2S/c1-2-7-16-12-10(14)8-11(15)13(17-12)18-9-5-3-4-6-9/h8-9H,2-7H2,1H3,(H,16,17). The molecule has 1 aliphatic carbocycles. The molecule has 1 heterocycles. The number of hydrogen-bond acceptors (Lipinski definition) is 3. The lowest BCUT2D eigenvalue weighted by atomic mass is 10.4. The highest BCUT2D eigenvalue weighted by Gasteiger charge is 2.20. The predicted octanol–water partition coefficient (Wildman–Crippen LogP) is 4.22. The van der Waals surface area contributed by atoms with Crippen molar-refractivity contribution in [3.63, 3.8) is 0 Å².